The summed E-state index contributed by atoms with van der Waals surface area (Å²) in [6, 6.07) is 11.1. The van der Waals surface area contributed by atoms with Crippen molar-refractivity contribution in [3.8, 4) is 5.82 Å². The van der Waals surface area contributed by atoms with E-state index in [0.29, 0.717) is 29.1 Å². The first-order valence-corrected chi connectivity index (χ1v) is 10.2. The highest BCUT2D eigenvalue weighted by Gasteiger charge is 2.30. The molecule has 4 aromatic rings. The third kappa shape index (κ3) is 4.98. The molecule has 2 heterocycles. The number of halogens is 3. The number of hydrogen-bond acceptors (Lipinski definition) is 6. The Kier molecular flexibility index (Phi) is 6.17. The third-order valence-electron chi connectivity index (χ3n) is 4.95. The van der Waals surface area contributed by atoms with Crippen molar-refractivity contribution < 1.29 is 18.0 Å². The molecule has 3 N–H and O–H groups in total. The second-order valence-electron chi connectivity index (χ2n) is 7.30. The van der Waals surface area contributed by atoms with Crippen LogP contribution in [-0.2, 0) is 6.18 Å². The number of carbonyl (C=O) groups is 1. The topological polar surface area (TPSA) is 96.8 Å². The van der Waals surface area contributed by atoms with Crippen molar-refractivity contribution in [1.29, 1.82) is 0 Å². The lowest BCUT2D eigenvalue weighted by molar-refractivity contribution is -0.137. The van der Waals surface area contributed by atoms with E-state index in [-0.39, 0.29) is 5.56 Å². The molecule has 0 atom stereocenters. The molecule has 0 saturated carbocycles. The van der Waals surface area contributed by atoms with Crippen LogP contribution in [0.1, 0.15) is 21.5 Å². The second kappa shape index (κ2) is 9.22. The van der Waals surface area contributed by atoms with Gasteiger partial charge in [0.25, 0.3) is 5.91 Å². The number of alkyl halides is 3. The van der Waals surface area contributed by atoms with E-state index < -0.39 is 17.6 Å². The highest BCUT2D eigenvalue weighted by molar-refractivity contribution is 6.04. The van der Waals surface area contributed by atoms with Gasteiger partial charge >= 0.3 is 6.18 Å². The van der Waals surface area contributed by atoms with E-state index in [1.807, 2.05) is 6.92 Å². The van der Waals surface area contributed by atoms with Crippen LogP contribution in [0, 0.1) is 6.92 Å². The standard InChI is InChI=1S/C23H20F3N7O/c1-14-6-7-17(30-20(34)15-4-3-5-16(12-15)23(24,25)26)13-18(14)31-22-29-10-11-33(22)19-8-9-28-21(27-2)32-19/h3-13H,1-2H3,(H,29,31)(H,30,34)(H,27,28,32). The van der Waals surface area contributed by atoms with Gasteiger partial charge in [0.15, 0.2) is 0 Å². The van der Waals surface area contributed by atoms with E-state index >= 15 is 0 Å². The van der Waals surface area contributed by atoms with Gasteiger partial charge in [-0.2, -0.15) is 18.2 Å². The summed E-state index contributed by atoms with van der Waals surface area (Å²) >= 11 is 0. The van der Waals surface area contributed by atoms with Crippen LogP contribution in [0.4, 0.5) is 36.4 Å². The van der Waals surface area contributed by atoms with Crippen molar-refractivity contribution in [3.63, 3.8) is 0 Å². The molecular formula is C23H20F3N7O. The van der Waals surface area contributed by atoms with Gasteiger partial charge in [-0.3, -0.25) is 9.36 Å². The van der Waals surface area contributed by atoms with Gasteiger partial charge in [0, 0.05) is 42.6 Å². The van der Waals surface area contributed by atoms with Gasteiger partial charge in [0.1, 0.15) is 5.82 Å². The Morgan fingerprint density at radius 3 is 2.62 bits per heavy atom. The Morgan fingerprint density at radius 2 is 1.85 bits per heavy atom. The normalized spacial score (nSPS) is 11.2. The zero-order valence-corrected chi connectivity index (χ0v) is 18.2. The molecule has 0 aliphatic heterocycles. The van der Waals surface area contributed by atoms with Crippen molar-refractivity contribution in [2.45, 2.75) is 13.1 Å². The van der Waals surface area contributed by atoms with Crippen molar-refractivity contribution >= 4 is 29.2 Å². The van der Waals surface area contributed by atoms with Crippen LogP contribution in [0.15, 0.2) is 67.1 Å². The number of carbonyl (C=O) groups excluding carboxylic acids is 1. The number of amides is 1. The predicted molar refractivity (Wildman–Crippen MR) is 123 cm³/mol. The molecule has 0 unspecified atom stereocenters. The van der Waals surface area contributed by atoms with E-state index in [0.717, 1.165) is 17.7 Å². The molecule has 0 aliphatic rings. The molecule has 174 valence electrons. The SMILES string of the molecule is CNc1nccc(-n2ccnc2Nc2cc(NC(=O)c3cccc(C(F)(F)F)c3)ccc2C)n1. The third-order valence-corrected chi connectivity index (χ3v) is 4.95. The Bertz CT molecular complexity index is 1330. The number of hydrogen-bond donors (Lipinski definition) is 3. The van der Waals surface area contributed by atoms with Crippen molar-refractivity contribution in [3.05, 3.63) is 83.8 Å². The molecule has 0 fully saturated rings. The maximum atomic E-state index is 13.0. The molecular weight excluding hydrogens is 447 g/mol. The van der Waals surface area contributed by atoms with Gasteiger partial charge in [-0.1, -0.05) is 12.1 Å². The largest absolute Gasteiger partial charge is 0.416 e. The fraction of sp³-hybridized carbons (Fsp3) is 0.130. The van der Waals surface area contributed by atoms with Crippen molar-refractivity contribution in [2.75, 3.05) is 23.0 Å². The first-order valence-electron chi connectivity index (χ1n) is 10.2. The minimum Gasteiger partial charge on any atom is -0.357 e. The molecule has 0 radical (unpaired) electrons. The summed E-state index contributed by atoms with van der Waals surface area (Å²) in [5.74, 6) is 0.867. The fourth-order valence-electron chi connectivity index (χ4n) is 3.18. The second-order valence-corrected chi connectivity index (χ2v) is 7.30. The summed E-state index contributed by atoms with van der Waals surface area (Å²) < 4.78 is 40.7. The average molecular weight is 467 g/mol. The van der Waals surface area contributed by atoms with Gasteiger partial charge in [-0.05, 0) is 48.9 Å². The number of aryl methyl sites for hydroxylation is 1. The smallest absolute Gasteiger partial charge is 0.357 e. The number of nitrogens with one attached hydrogen (secondary N) is 3. The highest BCUT2D eigenvalue weighted by Crippen LogP contribution is 2.30. The van der Waals surface area contributed by atoms with E-state index in [2.05, 4.69) is 30.9 Å². The quantitative estimate of drug-likeness (QED) is 0.368. The summed E-state index contributed by atoms with van der Waals surface area (Å²) in [5.41, 5.74) is 0.949. The van der Waals surface area contributed by atoms with Gasteiger partial charge < -0.3 is 16.0 Å². The Hall–Kier alpha value is -4.41. The lowest BCUT2D eigenvalue weighted by atomic mass is 10.1. The molecule has 11 heteroatoms. The molecule has 1 amide bonds. The summed E-state index contributed by atoms with van der Waals surface area (Å²) in [6.07, 6.45) is 0.431. The van der Waals surface area contributed by atoms with Crippen molar-refractivity contribution in [1.82, 2.24) is 19.5 Å². The molecule has 4 rings (SSSR count). The fourth-order valence-corrected chi connectivity index (χ4v) is 3.18. The minimum absolute atomic E-state index is 0.0930. The number of aromatic nitrogens is 4. The van der Waals surface area contributed by atoms with Crippen LogP contribution in [-0.4, -0.2) is 32.5 Å². The van der Waals surface area contributed by atoms with E-state index in [9.17, 15) is 18.0 Å². The zero-order chi connectivity index (χ0) is 24.3. The van der Waals surface area contributed by atoms with Gasteiger partial charge in [-0.25, -0.2) is 9.97 Å². The molecule has 2 aromatic heterocycles. The van der Waals surface area contributed by atoms with Crippen LogP contribution in [0.5, 0.6) is 0 Å². The first kappa shape index (κ1) is 22.8. The van der Waals surface area contributed by atoms with Crippen molar-refractivity contribution in [2.24, 2.45) is 0 Å². The molecule has 8 nitrogen and oxygen atoms in total. The maximum Gasteiger partial charge on any atom is 0.416 e. The number of nitrogens with zero attached hydrogens (tertiary/aromatic N) is 4. The number of imidazole rings is 1. The van der Waals surface area contributed by atoms with Crippen LogP contribution >= 0.6 is 0 Å². The number of benzene rings is 2. The maximum absolute atomic E-state index is 13.0. The average Bonchev–Trinajstić information content (AvgIpc) is 3.29. The molecule has 0 bridgehead atoms. The lowest BCUT2D eigenvalue weighted by Gasteiger charge is -2.14. The number of anilines is 4. The van der Waals surface area contributed by atoms with E-state index in [1.165, 1.54) is 12.1 Å². The Morgan fingerprint density at radius 1 is 1.03 bits per heavy atom. The zero-order valence-electron chi connectivity index (χ0n) is 18.2. The van der Waals surface area contributed by atoms with Gasteiger partial charge in [0.2, 0.25) is 11.9 Å². The van der Waals surface area contributed by atoms with E-state index in [1.54, 1.807) is 54.5 Å². The van der Waals surface area contributed by atoms with Gasteiger partial charge in [-0.15, -0.1) is 0 Å². The molecule has 0 spiro atoms. The van der Waals surface area contributed by atoms with Crippen LogP contribution in [0.2, 0.25) is 0 Å². The van der Waals surface area contributed by atoms with Gasteiger partial charge in [0.05, 0.1) is 5.56 Å². The minimum atomic E-state index is -4.53. The highest BCUT2D eigenvalue weighted by atomic mass is 19.4. The summed E-state index contributed by atoms with van der Waals surface area (Å²) in [4.78, 5) is 25.4. The first-order chi connectivity index (χ1) is 16.2. The summed E-state index contributed by atoms with van der Waals surface area (Å²) in [5, 5.41) is 8.73. The molecule has 0 saturated heterocycles. The monoisotopic (exact) mass is 467 g/mol. The van der Waals surface area contributed by atoms with Crippen LogP contribution in [0.3, 0.4) is 0 Å². The number of rotatable bonds is 6. The van der Waals surface area contributed by atoms with E-state index in [4.69, 9.17) is 0 Å². The molecule has 2 aromatic carbocycles. The molecule has 34 heavy (non-hydrogen) atoms. The summed E-state index contributed by atoms with van der Waals surface area (Å²) in [6.45, 7) is 1.87. The van der Waals surface area contributed by atoms with Crippen LogP contribution < -0.4 is 16.0 Å². The summed E-state index contributed by atoms with van der Waals surface area (Å²) in [7, 11) is 1.72. The van der Waals surface area contributed by atoms with Crippen LogP contribution in [0.25, 0.3) is 5.82 Å². The Balaban J connectivity index is 1.56. The lowest BCUT2D eigenvalue weighted by Crippen LogP contribution is -2.14. The predicted octanol–water partition coefficient (Wildman–Crippen LogP) is 5.03. The Labute approximate surface area is 192 Å². The molecule has 0 aliphatic carbocycles.